The molecule has 46 heavy (non-hydrogen) atoms. The highest BCUT2D eigenvalue weighted by Crippen LogP contribution is 2.22. The van der Waals surface area contributed by atoms with Gasteiger partial charge in [0.1, 0.15) is 24.4 Å². The summed E-state index contributed by atoms with van der Waals surface area (Å²) in [5.74, 6) is -0.202. The lowest BCUT2D eigenvalue weighted by Crippen LogP contribution is -2.60. The van der Waals surface area contributed by atoms with Gasteiger partial charge in [0.15, 0.2) is 6.29 Å². The molecule has 0 aromatic carbocycles. The molecule has 0 aliphatic carbocycles. The second-order valence-electron chi connectivity index (χ2n) is 13.0. The Morgan fingerprint density at radius 2 is 1.24 bits per heavy atom. The Morgan fingerprint density at radius 1 is 0.717 bits per heavy atom. The quantitative estimate of drug-likeness (QED) is 0.0425. The number of carbonyl (C=O) groups excluding carboxylic acids is 1. The highest BCUT2D eigenvalue weighted by atomic mass is 16.7. The van der Waals surface area contributed by atoms with Gasteiger partial charge in [0, 0.05) is 6.42 Å². The van der Waals surface area contributed by atoms with Crippen molar-refractivity contribution in [2.45, 2.75) is 192 Å². The van der Waals surface area contributed by atoms with Gasteiger partial charge in [-0.1, -0.05) is 134 Å². The maximum atomic E-state index is 12.6. The minimum Gasteiger partial charge on any atom is -0.394 e. The summed E-state index contributed by atoms with van der Waals surface area (Å²) in [5, 5.41) is 53.5. The topological polar surface area (TPSA) is 149 Å². The van der Waals surface area contributed by atoms with Crippen LogP contribution in [0.2, 0.25) is 0 Å². The van der Waals surface area contributed by atoms with Crippen molar-refractivity contribution in [1.29, 1.82) is 0 Å². The molecule has 0 saturated carbocycles. The second kappa shape index (κ2) is 28.7. The maximum absolute atomic E-state index is 12.6. The Morgan fingerprint density at radius 3 is 1.83 bits per heavy atom. The minimum absolute atomic E-state index is 0.200. The summed E-state index contributed by atoms with van der Waals surface area (Å²) < 4.78 is 11.1. The monoisotopic (exact) mass is 656 g/mol. The van der Waals surface area contributed by atoms with Crippen molar-refractivity contribution in [1.82, 2.24) is 5.32 Å². The first-order valence-corrected chi connectivity index (χ1v) is 18.6. The zero-order chi connectivity index (χ0) is 33.8. The molecule has 9 nitrogen and oxygen atoms in total. The number of ether oxygens (including phenoxy) is 2. The molecule has 7 unspecified atom stereocenters. The van der Waals surface area contributed by atoms with E-state index < -0.39 is 49.5 Å². The predicted molar refractivity (Wildman–Crippen MR) is 184 cm³/mol. The van der Waals surface area contributed by atoms with Crippen LogP contribution >= 0.6 is 0 Å². The molecule has 1 amide bonds. The third kappa shape index (κ3) is 20.1. The smallest absolute Gasteiger partial charge is 0.220 e. The van der Waals surface area contributed by atoms with Crippen molar-refractivity contribution < 1.29 is 39.8 Å². The average molecular weight is 656 g/mol. The maximum Gasteiger partial charge on any atom is 0.220 e. The van der Waals surface area contributed by atoms with Crippen molar-refractivity contribution in [3.8, 4) is 0 Å². The fraction of sp³-hybridized carbons (Fsp3) is 0.865. The molecule has 9 heteroatoms. The number of unbranched alkanes of at least 4 members (excludes halogenated alkanes) is 17. The first-order valence-electron chi connectivity index (χ1n) is 18.6. The van der Waals surface area contributed by atoms with Gasteiger partial charge in [-0.25, -0.2) is 0 Å². The highest BCUT2D eigenvalue weighted by Gasteiger charge is 2.44. The van der Waals surface area contributed by atoms with Crippen molar-refractivity contribution in [2.24, 2.45) is 0 Å². The molecular weight excluding hydrogens is 586 g/mol. The number of carbonyl (C=O) groups is 1. The van der Waals surface area contributed by atoms with Gasteiger partial charge in [-0.05, 0) is 32.1 Å². The van der Waals surface area contributed by atoms with Gasteiger partial charge in [-0.15, -0.1) is 0 Å². The summed E-state index contributed by atoms with van der Waals surface area (Å²) in [4.78, 5) is 12.6. The molecule has 0 spiro atoms. The molecule has 1 rings (SSSR count). The number of aliphatic hydroxyl groups excluding tert-OH is 5. The lowest BCUT2D eigenvalue weighted by molar-refractivity contribution is -0.302. The van der Waals surface area contributed by atoms with Gasteiger partial charge in [-0.3, -0.25) is 4.79 Å². The summed E-state index contributed by atoms with van der Waals surface area (Å²) in [6.45, 7) is 3.63. The number of hydrogen-bond acceptors (Lipinski definition) is 8. The first kappa shape index (κ1) is 42.7. The van der Waals surface area contributed by atoms with Gasteiger partial charge < -0.3 is 40.3 Å². The normalized spacial score (nSPS) is 23.3. The highest BCUT2D eigenvalue weighted by molar-refractivity contribution is 5.76. The van der Waals surface area contributed by atoms with Gasteiger partial charge in [-0.2, -0.15) is 0 Å². The van der Waals surface area contributed by atoms with E-state index in [0.29, 0.717) is 6.42 Å². The molecular formula is C37H69NO8. The van der Waals surface area contributed by atoms with Crippen molar-refractivity contribution in [3.63, 3.8) is 0 Å². The summed E-state index contributed by atoms with van der Waals surface area (Å²) in [7, 11) is 0. The van der Waals surface area contributed by atoms with Gasteiger partial charge in [0.25, 0.3) is 0 Å². The Hall–Kier alpha value is -1.33. The van der Waals surface area contributed by atoms with Crippen LogP contribution in [0.15, 0.2) is 24.3 Å². The van der Waals surface area contributed by atoms with E-state index in [9.17, 15) is 30.3 Å². The van der Waals surface area contributed by atoms with E-state index in [1.165, 1.54) is 77.0 Å². The zero-order valence-electron chi connectivity index (χ0n) is 29.1. The van der Waals surface area contributed by atoms with E-state index in [-0.39, 0.29) is 12.5 Å². The lowest BCUT2D eigenvalue weighted by Gasteiger charge is -2.40. The molecule has 0 radical (unpaired) electrons. The van der Waals surface area contributed by atoms with E-state index in [2.05, 4.69) is 31.3 Å². The van der Waals surface area contributed by atoms with Gasteiger partial charge >= 0.3 is 0 Å². The molecule has 1 heterocycles. The van der Waals surface area contributed by atoms with Crippen LogP contribution < -0.4 is 5.32 Å². The average Bonchev–Trinajstić information content (AvgIpc) is 3.05. The fourth-order valence-electron chi connectivity index (χ4n) is 5.70. The van der Waals surface area contributed by atoms with E-state index in [1.54, 1.807) is 6.08 Å². The number of allylic oxidation sites excluding steroid dienone is 3. The molecule has 1 fully saturated rings. The first-order chi connectivity index (χ1) is 22.3. The van der Waals surface area contributed by atoms with E-state index in [1.807, 2.05) is 6.08 Å². The molecule has 0 aromatic heterocycles. The summed E-state index contributed by atoms with van der Waals surface area (Å²) in [6.07, 6.45) is 24.1. The SMILES string of the molecule is CCCCCCCCCCCCCC/C=C/CC/C=C/C(O)C(COC1OC(CO)C(O)C(O)C1O)NC(=O)CCCCCCC. The summed E-state index contributed by atoms with van der Waals surface area (Å²) in [6, 6.07) is -0.812. The molecule has 1 aliphatic heterocycles. The molecule has 6 N–H and O–H groups in total. The molecule has 1 saturated heterocycles. The van der Waals surface area contributed by atoms with Crippen molar-refractivity contribution >= 4 is 5.91 Å². The van der Waals surface area contributed by atoms with Crippen LogP contribution in [0.25, 0.3) is 0 Å². The summed E-state index contributed by atoms with van der Waals surface area (Å²) >= 11 is 0. The standard InChI is InChI=1S/C37H69NO8/c1-3-5-7-9-10-11-12-13-14-15-16-17-18-19-20-21-23-24-26-31(40)30(38-33(41)27-25-22-8-6-4-2)29-45-37-36(44)35(43)34(42)32(28-39)46-37/h19-20,24,26,30-32,34-37,39-40,42-44H,3-18,21-23,25,27-29H2,1-2H3,(H,38,41)/b20-19+,26-24+. The van der Waals surface area contributed by atoms with Crippen LogP contribution in [0.3, 0.4) is 0 Å². The second-order valence-corrected chi connectivity index (χ2v) is 13.0. The van der Waals surface area contributed by atoms with Crippen LogP contribution in [0.5, 0.6) is 0 Å². The van der Waals surface area contributed by atoms with Gasteiger partial charge in [0.05, 0.1) is 25.4 Å². The number of rotatable bonds is 29. The van der Waals surface area contributed by atoms with E-state index in [0.717, 1.165) is 51.4 Å². The fourth-order valence-corrected chi connectivity index (χ4v) is 5.70. The predicted octanol–water partition coefficient (Wildman–Crippen LogP) is 5.99. The molecule has 1 aliphatic rings. The number of aliphatic hydroxyl groups is 5. The Balaban J connectivity index is 2.39. The zero-order valence-corrected chi connectivity index (χ0v) is 29.1. The van der Waals surface area contributed by atoms with Crippen LogP contribution in [0.4, 0.5) is 0 Å². The van der Waals surface area contributed by atoms with Crippen molar-refractivity contribution in [3.05, 3.63) is 24.3 Å². The van der Waals surface area contributed by atoms with Crippen LogP contribution in [0, 0.1) is 0 Å². The lowest BCUT2D eigenvalue weighted by atomic mass is 9.99. The third-order valence-corrected chi connectivity index (χ3v) is 8.78. The molecule has 270 valence electrons. The van der Waals surface area contributed by atoms with Crippen molar-refractivity contribution in [2.75, 3.05) is 13.2 Å². The van der Waals surface area contributed by atoms with E-state index in [4.69, 9.17) is 9.47 Å². The van der Waals surface area contributed by atoms with E-state index >= 15 is 0 Å². The molecule has 0 aromatic rings. The Bertz CT molecular complexity index is 776. The molecule has 7 atom stereocenters. The van der Waals surface area contributed by atoms with Crippen LogP contribution in [-0.2, 0) is 14.3 Å². The minimum atomic E-state index is -1.57. The largest absolute Gasteiger partial charge is 0.394 e. The number of amides is 1. The third-order valence-electron chi connectivity index (χ3n) is 8.78. The summed E-state index contributed by atoms with van der Waals surface area (Å²) in [5.41, 5.74) is 0. The van der Waals surface area contributed by atoms with Gasteiger partial charge in [0.2, 0.25) is 5.91 Å². The molecule has 0 bridgehead atoms. The Kier molecular flexibility index (Phi) is 26.6. The number of hydrogen-bond donors (Lipinski definition) is 6. The Labute approximate surface area is 279 Å². The van der Waals surface area contributed by atoms with Crippen LogP contribution in [0.1, 0.15) is 149 Å². The number of nitrogens with one attached hydrogen (secondary N) is 1. The van der Waals surface area contributed by atoms with Crippen LogP contribution in [-0.4, -0.2) is 87.5 Å².